The van der Waals surface area contributed by atoms with E-state index < -0.39 is 5.97 Å². The highest BCUT2D eigenvalue weighted by Crippen LogP contribution is 2.16. The Hall–Kier alpha value is -2.55. The standard InChI is InChI=1S/C13H15N5O3S/c1-2-21-11(20)9-8-22-13(17-9)18-10(19)4-7-16-12-14-5-3-6-15-12/h3,5-6,8H,2,4,7H2,1H3,(H,14,15,16)(H,17,18,19). The van der Waals surface area contributed by atoms with Crippen LogP contribution in [-0.2, 0) is 9.53 Å². The minimum atomic E-state index is -0.498. The summed E-state index contributed by atoms with van der Waals surface area (Å²) in [6.07, 6.45) is 3.45. The van der Waals surface area contributed by atoms with E-state index in [-0.39, 0.29) is 24.6 Å². The third-order valence-electron chi connectivity index (χ3n) is 2.44. The summed E-state index contributed by atoms with van der Waals surface area (Å²) >= 11 is 1.17. The second-order valence-electron chi connectivity index (χ2n) is 4.06. The first kappa shape index (κ1) is 15.8. The van der Waals surface area contributed by atoms with Gasteiger partial charge in [-0.2, -0.15) is 0 Å². The Balaban J connectivity index is 1.76. The number of thiazole rings is 1. The first-order chi connectivity index (χ1) is 10.7. The van der Waals surface area contributed by atoms with E-state index in [9.17, 15) is 9.59 Å². The second-order valence-corrected chi connectivity index (χ2v) is 4.91. The van der Waals surface area contributed by atoms with Crippen LogP contribution in [0.3, 0.4) is 0 Å². The van der Waals surface area contributed by atoms with Gasteiger partial charge < -0.3 is 15.4 Å². The minimum Gasteiger partial charge on any atom is -0.461 e. The molecule has 0 aliphatic rings. The summed E-state index contributed by atoms with van der Waals surface area (Å²) in [5.41, 5.74) is 0.193. The molecule has 0 bridgehead atoms. The molecular formula is C13H15N5O3S. The molecule has 2 rings (SSSR count). The number of nitrogens with zero attached hydrogens (tertiary/aromatic N) is 3. The van der Waals surface area contributed by atoms with Gasteiger partial charge >= 0.3 is 5.97 Å². The van der Waals surface area contributed by atoms with Crippen LogP contribution in [0.15, 0.2) is 23.8 Å². The van der Waals surface area contributed by atoms with Gasteiger partial charge in [0.15, 0.2) is 10.8 Å². The zero-order chi connectivity index (χ0) is 15.8. The molecular weight excluding hydrogens is 306 g/mol. The van der Waals surface area contributed by atoms with E-state index in [2.05, 4.69) is 25.6 Å². The number of anilines is 2. The van der Waals surface area contributed by atoms with E-state index in [1.807, 2.05) is 0 Å². The van der Waals surface area contributed by atoms with Crippen LogP contribution < -0.4 is 10.6 Å². The number of esters is 1. The average molecular weight is 321 g/mol. The number of hydrogen-bond acceptors (Lipinski definition) is 8. The summed E-state index contributed by atoms with van der Waals surface area (Å²) in [4.78, 5) is 35.2. The maximum atomic E-state index is 11.8. The van der Waals surface area contributed by atoms with Gasteiger partial charge in [-0.1, -0.05) is 0 Å². The highest BCUT2D eigenvalue weighted by molar-refractivity contribution is 7.14. The van der Waals surface area contributed by atoms with Crippen molar-refractivity contribution >= 4 is 34.3 Å². The highest BCUT2D eigenvalue weighted by Gasteiger charge is 2.13. The molecule has 2 aromatic heterocycles. The van der Waals surface area contributed by atoms with Gasteiger partial charge in [-0.3, -0.25) is 4.79 Å². The maximum absolute atomic E-state index is 11.8. The van der Waals surface area contributed by atoms with Crippen LogP contribution >= 0.6 is 11.3 Å². The van der Waals surface area contributed by atoms with Crippen molar-refractivity contribution in [1.82, 2.24) is 15.0 Å². The summed E-state index contributed by atoms with van der Waals surface area (Å²) in [7, 11) is 0. The topological polar surface area (TPSA) is 106 Å². The molecule has 0 saturated carbocycles. The zero-order valence-electron chi connectivity index (χ0n) is 11.9. The lowest BCUT2D eigenvalue weighted by Crippen LogP contribution is -2.17. The fourth-order valence-corrected chi connectivity index (χ4v) is 2.19. The molecule has 0 saturated heterocycles. The summed E-state index contributed by atoms with van der Waals surface area (Å²) in [6.45, 7) is 2.40. The normalized spacial score (nSPS) is 10.0. The van der Waals surface area contributed by atoms with Gasteiger partial charge in [-0.05, 0) is 13.0 Å². The largest absolute Gasteiger partial charge is 0.461 e. The Morgan fingerprint density at radius 1 is 1.32 bits per heavy atom. The van der Waals surface area contributed by atoms with Crippen LogP contribution in [0.25, 0.3) is 0 Å². The first-order valence-electron chi connectivity index (χ1n) is 6.62. The third kappa shape index (κ3) is 4.77. The van der Waals surface area contributed by atoms with Crippen molar-refractivity contribution in [2.75, 3.05) is 23.8 Å². The van der Waals surface area contributed by atoms with Gasteiger partial charge in [-0.25, -0.2) is 19.7 Å². The van der Waals surface area contributed by atoms with Crippen molar-refractivity contribution in [2.24, 2.45) is 0 Å². The molecule has 0 aliphatic heterocycles. The van der Waals surface area contributed by atoms with Gasteiger partial charge in [0.25, 0.3) is 0 Å². The average Bonchev–Trinajstić information content (AvgIpc) is 2.97. The van der Waals surface area contributed by atoms with Crippen LogP contribution in [-0.4, -0.2) is 40.0 Å². The summed E-state index contributed by atoms with van der Waals surface area (Å²) in [5, 5.41) is 7.46. The van der Waals surface area contributed by atoms with Crippen molar-refractivity contribution in [2.45, 2.75) is 13.3 Å². The number of carbonyl (C=O) groups is 2. The molecule has 2 aromatic rings. The fraction of sp³-hybridized carbons (Fsp3) is 0.308. The van der Waals surface area contributed by atoms with E-state index >= 15 is 0 Å². The lowest BCUT2D eigenvalue weighted by molar-refractivity contribution is -0.115. The van der Waals surface area contributed by atoms with E-state index in [1.54, 1.807) is 30.8 Å². The van der Waals surface area contributed by atoms with Crippen LogP contribution in [0, 0.1) is 0 Å². The van der Waals surface area contributed by atoms with Crippen molar-refractivity contribution in [3.63, 3.8) is 0 Å². The van der Waals surface area contributed by atoms with E-state index in [1.165, 1.54) is 11.3 Å². The fourth-order valence-electron chi connectivity index (χ4n) is 1.49. The van der Waals surface area contributed by atoms with Gasteiger partial charge in [0.2, 0.25) is 11.9 Å². The monoisotopic (exact) mass is 321 g/mol. The molecule has 0 aromatic carbocycles. The van der Waals surface area contributed by atoms with Gasteiger partial charge in [0.1, 0.15) is 0 Å². The Morgan fingerprint density at radius 2 is 2.09 bits per heavy atom. The van der Waals surface area contributed by atoms with Crippen LogP contribution in [0.1, 0.15) is 23.8 Å². The molecule has 9 heteroatoms. The predicted octanol–water partition coefficient (Wildman–Crippen LogP) is 1.55. The summed E-state index contributed by atoms with van der Waals surface area (Å²) in [6, 6.07) is 1.71. The van der Waals surface area contributed by atoms with Gasteiger partial charge in [0, 0.05) is 30.7 Å². The Bertz CT molecular complexity index is 632. The van der Waals surface area contributed by atoms with Crippen molar-refractivity contribution in [3.05, 3.63) is 29.5 Å². The van der Waals surface area contributed by atoms with E-state index in [0.29, 0.717) is 17.6 Å². The number of amides is 1. The highest BCUT2D eigenvalue weighted by atomic mass is 32.1. The molecule has 1 amide bonds. The SMILES string of the molecule is CCOC(=O)c1csc(NC(=O)CCNc2ncccn2)n1. The van der Waals surface area contributed by atoms with Gasteiger partial charge in [-0.15, -0.1) is 11.3 Å². The minimum absolute atomic E-state index is 0.193. The number of hydrogen-bond donors (Lipinski definition) is 2. The smallest absolute Gasteiger partial charge is 0.357 e. The van der Waals surface area contributed by atoms with Crippen molar-refractivity contribution in [1.29, 1.82) is 0 Å². The molecule has 0 atom stereocenters. The molecule has 116 valence electrons. The third-order valence-corrected chi connectivity index (χ3v) is 3.19. The van der Waals surface area contributed by atoms with E-state index in [4.69, 9.17) is 4.74 Å². The van der Waals surface area contributed by atoms with Crippen molar-refractivity contribution < 1.29 is 14.3 Å². The number of carbonyl (C=O) groups excluding carboxylic acids is 2. The molecule has 0 radical (unpaired) electrons. The number of ether oxygens (including phenoxy) is 1. The Labute approximate surface area is 131 Å². The van der Waals surface area contributed by atoms with Crippen LogP contribution in [0.5, 0.6) is 0 Å². The van der Waals surface area contributed by atoms with Crippen LogP contribution in [0.2, 0.25) is 0 Å². The number of rotatable bonds is 7. The molecule has 2 heterocycles. The molecule has 0 spiro atoms. The quantitative estimate of drug-likeness (QED) is 0.745. The second kappa shape index (κ2) is 8.03. The molecule has 0 unspecified atom stereocenters. The number of nitrogens with one attached hydrogen (secondary N) is 2. The lowest BCUT2D eigenvalue weighted by Gasteiger charge is -2.04. The van der Waals surface area contributed by atoms with Crippen molar-refractivity contribution in [3.8, 4) is 0 Å². The Morgan fingerprint density at radius 3 is 2.82 bits per heavy atom. The maximum Gasteiger partial charge on any atom is 0.357 e. The van der Waals surface area contributed by atoms with Crippen LogP contribution in [0.4, 0.5) is 11.1 Å². The lowest BCUT2D eigenvalue weighted by atomic mass is 10.4. The number of aromatic nitrogens is 3. The summed E-state index contributed by atoms with van der Waals surface area (Å²) < 4.78 is 4.83. The molecule has 8 nitrogen and oxygen atoms in total. The molecule has 0 fully saturated rings. The zero-order valence-corrected chi connectivity index (χ0v) is 12.7. The first-order valence-corrected chi connectivity index (χ1v) is 7.50. The summed E-state index contributed by atoms with van der Waals surface area (Å²) in [5.74, 6) is -0.246. The molecule has 2 N–H and O–H groups in total. The Kier molecular flexibility index (Phi) is 5.78. The van der Waals surface area contributed by atoms with Gasteiger partial charge in [0.05, 0.1) is 6.61 Å². The molecule has 22 heavy (non-hydrogen) atoms. The predicted molar refractivity (Wildman–Crippen MR) is 81.8 cm³/mol. The molecule has 0 aliphatic carbocycles. The van der Waals surface area contributed by atoms with E-state index in [0.717, 1.165) is 0 Å².